The molecule has 0 unspecified atom stereocenters. The summed E-state index contributed by atoms with van der Waals surface area (Å²) in [6.07, 6.45) is 0.229. The lowest BCUT2D eigenvalue weighted by Gasteiger charge is -2.34. The summed E-state index contributed by atoms with van der Waals surface area (Å²) in [5, 5.41) is 5.44. The maximum atomic E-state index is 13.2. The van der Waals surface area contributed by atoms with Gasteiger partial charge in [-0.1, -0.05) is 29.8 Å². The van der Waals surface area contributed by atoms with Crippen LogP contribution in [0.1, 0.15) is 5.56 Å². The van der Waals surface area contributed by atoms with Crippen LogP contribution in [0, 0.1) is 11.6 Å². The minimum absolute atomic E-state index is 0.0175. The van der Waals surface area contributed by atoms with E-state index in [4.69, 9.17) is 11.6 Å². The molecule has 1 fully saturated rings. The number of hydrogen-bond donors (Lipinski definition) is 2. The van der Waals surface area contributed by atoms with Crippen molar-refractivity contribution < 1.29 is 23.2 Å². The topological polar surface area (TPSA) is 81.8 Å². The van der Waals surface area contributed by atoms with E-state index in [1.54, 1.807) is 11.0 Å². The van der Waals surface area contributed by atoms with Gasteiger partial charge in [0.25, 0.3) is 0 Å². The molecule has 10 heteroatoms. The lowest BCUT2D eigenvalue weighted by molar-refractivity contribution is -0.132. The van der Waals surface area contributed by atoms with Crippen LogP contribution < -0.4 is 10.6 Å². The van der Waals surface area contributed by atoms with Crippen molar-refractivity contribution in [1.82, 2.24) is 15.1 Å². The van der Waals surface area contributed by atoms with Crippen LogP contribution in [0.4, 0.5) is 14.5 Å². The van der Waals surface area contributed by atoms with Gasteiger partial charge in [0.2, 0.25) is 17.7 Å². The van der Waals surface area contributed by atoms with Crippen LogP contribution in [0.25, 0.3) is 0 Å². The molecule has 1 saturated heterocycles. The van der Waals surface area contributed by atoms with E-state index in [0.717, 1.165) is 17.7 Å². The third kappa shape index (κ3) is 6.73. The van der Waals surface area contributed by atoms with Gasteiger partial charge in [-0.15, -0.1) is 0 Å². The highest BCUT2D eigenvalue weighted by Crippen LogP contribution is 2.17. The highest BCUT2D eigenvalue weighted by atomic mass is 35.5. The summed E-state index contributed by atoms with van der Waals surface area (Å²) in [4.78, 5) is 40.1. The van der Waals surface area contributed by atoms with Gasteiger partial charge in [0.15, 0.2) is 11.6 Å². The summed E-state index contributed by atoms with van der Waals surface area (Å²) >= 11 is 6.11. The third-order valence-corrected chi connectivity index (χ3v) is 5.41. The molecule has 0 bridgehead atoms. The Morgan fingerprint density at radius 2 is 1.66 bits per heavy atom. The van der Waals surface area contributed by atoms with Crippen LogP contribution in [0.15, 0.2) is 42.5 Å². The summed E-state index contributed by atoms with van der Waals surface area (Å²) < 4.78 is 26.1. The Morgan fingerprint density at radius 3 is 2.34 bits per heavy atom. The van der Waals surface area contributed by atoms with Crippen molar-refractivity contribution in [1.29, 1.82) is 0 Å². The largest absolute Gasteiger partial charge is 0.346 e. The predicted molar refractivity (Wildman–Crippen MR) is 116 cm³/mol. The first-order chi connectivity index (χ1) is 15.3. The molecule has 0 aliphatic carbocycles. The number of nitrogens with zero attached hydrogens (tertiary/aromatic N) is 2. The molecule has 1 heterocycles. The number of halogens is 3. The van der Waals surface area contributed by atoms with E-state index in [2.05, 4.69) is 10.6 Å². The second-order valence-electron chi connectivity index (χ2n) is 7.38. The molecule has 0 spiro atoms. The van der Waals surface area contributed by atoms with Crippen molar-refractivity contribution in [3.05, 3.63) is 64.7 Å². The van der Waals surface area contributed by atoms with Crippen molar-refractivity contribution >= 4 is 35.0 Å². The molecule has 0 radical (unpaired) electrons. The standard InChI is InChI=1S/C22H23ClF2N4O3/c23-17-4-2-1-3-15(17)11-22(32)29-9-7-28(8-10-29)14-21(31)26-13-20(30)27-16-5-6-18(24)19(25)12-16/h1-6,12H,7-11,13-14H2,(H,26,31)(H,27,30). The number of carbonyl (C=O) groups excluding carboxylic acids is 3. The second-order valence-corrected chi connectivity index (χ2v) is 7.79. The SMILES string of the molecule is O=C(CN1CCN(C(=O)Cc2ccccc2Cl)CC1)NCC(=O)Nc1ccc(F)c(F)c1. The van der Waals surface area contributed by atoms with Crippen LogP contribution in [0.2, 0.25) is 5.02 Å². The predicted octanol–water partition coefficient (Wildman–Crippen LogP) is 2.06. The summed E-state index contributed by atoms with van der Waals surface area (Å²) in [7, 11) is 0. The fourth-order valence-electron chi connectivity index (χ4n) is 3.29. The minimum Gasteiger partial charge on any atom is -0.346 e. The zero-order valence-corrected chi connectivity index (χ0v) is 18.0. The fraction of sp³-hybridized carbons (Fsp3) is 0.318. The first kappa shape index (κ1) is 23.6. The van der Waals surface area contributed by atoms with Gasteiger partial charge in [0, 0.05) is 43.0 Å². The average molecular weight is 465 g/mol. The van der Waals surface area contributed by atoms with Gasteiger partial charge in [-0.3, -0.25) is 19.3 Å². The number of anilines is 1. The highest BCUT2D eigenvalue weighted by Gasteiger charge is 2.23. The summed E-state index contributed by atoms with van der Waals surface area (Å²) in [5.41, 5.74) is 0.878. The first-order valence-corrected chi connectivity index (χ1v) is 10.4. The van der Waals surface area contributed by atoms with Crippen molar-refractivity contribution in [2.75, 3.05) is 44.6 Å². The minimum atomic E-state index is -1.07. The second kappa shape index (κ2) is 11.0. The van der Waals surface area contributed by atoms with E-state index in [1.165, 1.54) is 6.07 Å². The van der Waals surface area contributed by atoms with Gasteiger partial charge in [-0.05, 0) is 23.8 Å². The number of rotatable bonds is 7. The zero-order chi connectivity index (χ0) is 23.1. The van der Waals surface area contributed by atoms with Crippen LogP contribution in [0.5, 0.6) is 0 Å². The van der Waals surface area contributed by atoms with Crippen molar-refractivity contribution in [2.45, 2.75) is 6.42 Å². The van der Waals surface area contributed by atoms with E-state index in [9.17, 15) is 23.2 Å². The van der Waals surface area contributed by atoms with Crippen molar-refractivity contribution in [3.8, 4) is 0 Å². The molecule has 2 N–H and O–H groups in total. The highest BCUT2D eigenvalue weighted by molar-refractivity contribution is 6.31. The Bertz CT molecular complexity index is 997. The van der Waals surface area contributed by atoms with Crippen molar-refractivity contribution in [2.24, 2.45) is 0 Å². The molecule has 3 amide bonds. The van der Waals surface area contributed by atoms with Crippen molar-refractivity contribution in [3.63, 3.8) is 0 Å². The van der Waals surface area contributed by atoms with E-state index in [1.807, 2.05) is 23.1 Å². The van der Waals surface area contributed by atoms with E-state index < -0.39 is 17.5 Å². The van der Waals surface area contributed by atoms with Crippen LogP contribution >= 0.6 is 11.6 Å². The lowest BCUT2D eigenvalue weighted by Crippen LogP contribution is -2.51. The smallest absolute Gasteiger partial charge is 0.243 e. The molecule has 1 aliphatic rings. The number of carbonyl (C=O) groups is 3. The Morgan fingerprint density at radius 1 is 0.938 bits per heavy atom. The maximum absolute atomic E-state index is 13.2. The molecule has 0 saturated carbocycles. The van der Waals surface area contributed by atoms with Gasteiger partial charge in [0.1, 0.15) is 0 Å². The maximum Gasteiger partial charge on any atom is 0.243 e. The molecule has 7 nitrogen and oxygen atoms in total. The molecule has 0 atom stereocenters. The van der Waals surface area contributed by atoms with Crippen LogP contribution in [-0.2, 0) is 20.8 Å². The molecular weight excluding hydrogens is 442 g/mol. The average Bonchev–Trinajstić information content (AvgIpc) is 2.77. The summed E-state index contributed by atoms with van der Waals surface area (Å²) in [6, 6.07) is 10.2. The number of piperazine rings is 1. The monoisotopic (exact) mass is 464 g/mol. The molecule has 170 valence electrons. The number of nitrogens with one attached hydrogen (secondary N) is 2. The van der Waals surface area contributed by atoms with Gasteiger partial charge in [0.05, 0.1) is 19.5 Å². The van der Waals surface area contributed by atoms with E-state index in [0.29, 0.717) is 31.2 Å². The van der Waals surface area contributed by atoms with E-state index >= 15 is 0 Å². The molecular formula is C22H23ClF2N4O3. The number of hydrogen-bond acceptors (Lipinski definition) is 4. The first-order valence-electron chi connectivity index (χ1n) is 10.1. The normalized spacial score (nSPS) is 14.2. The zero-order valence-electron chi connectivity index (χ0n) is 17.2. The Hall–Kier alpha value is -3.04. The van der Waals surface area contributed by atoms with Gasteiger partial charge < -0.3 is 15.5 Å². The fourth-order valence-corrected chi connectivity index (χ4v) is 3.49. The molecule has 2 aromatic rings. The third-order valence-electron chi connectivity index (χ3n) is 5.04. The summed E-state index contributed by atoms with van der Waals surface area (Å²) in [6.45, 7) is 1.84. The molecule has 2 aromatic carbocycles. The number of benzene rings is 2. The summed E-state index contributed by atoms with van der Waals surface area (Å²) in [5.74, 6) is -3.00. The molecule has 3 rings (SSSR count). The van der Waals surface area contributed by atoms with Crippen LogP contribution in [-0.4, -0.2) is 66.8 Å². The number of amides is 3. The quantitative estimate of drug-likeness (QED) is 0.657. The molecule has 32 heavy (non-hydrogen) atoms. The molecule has 1 aliphatic heterocycles. The van der Waals surface area contributed by atoms with Gasteiger partial charge in [-0.25, -0.2) is 8.78 Å². The van der Waals surface area contributed by atoms with E-state index in [-0.39, 0.29) is 37.0 Å². The van der Waals surface area contributed by atoms with Crippen LogP contribution in [0.3, 0.4) is 0 Å². The molecule has 0 aromatic heterocycles. The Labute approximate surface area is 189 Å². The van der Waals surface area contributed by atoms with Gasteiger partial charge >= 0.3 is 0 Å². The lowest BCUT2D eigenvalue weighted by atomic mass is 10.1. The Balaban J connectivity index is 1.36. The Kier molecular flexibility index (Phi) is 8.13. The van der Waals surface area contributed by atoms with Gasteiger partial charge in [-0.2, -0.15) is 0 Å².